The van der Waals surface area contributed by atoms with Crippen LogP contribution in [0.4, 0.5) is 68.2 Å². The number of fused-ring (bicyclic) bond motifs is 1. The number of aryl methyl sites for hydroxylation is 4. The van der Waals surface area contributed by atoms with Crippen LogP contribution in [0.5, 0.6) is 0 Å². The van der Waals surface area contributed by atoms with Gasteiger partial charge in [-0.3, -0.25) is 0 Å². The molecular weight excluding hydrogens is 801 g/mol. The molecule has 0 N–H and O–H groups in total. The summed E-state index contributed by atoms with van der Waals surface area (Å²) in [6.45, 7) is 8.53. The Kier molecular flexibility index (Phi) is 11.6. The topological polar surface area (TPSA) is 13.0 Å². The van der Waals surface area contributed by atoms with Crippen molar-refractivity contribution >= 4 is 79.0 Å². The van der Waals surface area contributed by atoms with Crippen LogP contribution in [0.15, 0.2) is 243 Å². The Balaban J connectivity index is 1.07. The van der Waals surface area contributed by atoms with Gasteiger partial charge in [-0.2, -0.15) is 0 Å². The van der Waals surface area contributed by atoms with Gasteiger partial charge >= 0.3 is 0 Å². The van der Waals surface area contributed by atoms with Crippen molar-refractivity contribution in [3.8, 4) is 0 Å². The highest BCUT2D eigenvalue weighted by atomic mass is 15.2. The van der Waals surface area contributed by atoms with Crippen molar-refractivity contribution in [2.75, 3.05) is 19.6 Å². The third kappa shape index (κ3) is 8.53. The molecule has 0 aliphatic rings. The molecule has 0 radical (unpaired) electrons. The number of hydrogen-bond acceptors (Lipinski definition) is 4. The zero-order valence-corrected chi connectivity index (χ0v) is 37.9. The summed E-state index contributed by atoms with van der Waals surface area (Å²) < 4.78 is 0. The lowest BCUT2D eigenvalue weighted by Gasteiger charge is -2.31. The maximum Gasteiger partial charge on any atom is 0.0540 e. The van der Waals surface area contributed by atoms with Crippen molar-refractivity contribution in [2.24, 2.45) is 0 Å². The number of anilines is 12. The second kappa shape index (κ2) is 18.4. The van der Waals surface area contributed by atoms with Crippen LogP contribution in [0.25, 0.3) is 10.8 Å². The molecule has 0 heterocycles. The molecule has 0 fully saturated rings. The highest BCUT2D eigenvalue weighted by Gasteiger charge is 2.22. The molecule has 66 heavy (non-hydrogen) atoms. The normalized spacial score (nSPS) is 11.0. The Morgan fingerprint density at radius 2 is 0.394 bits per heavy atom. The van der Waals surface area contributed by atoms with E-state index in [0.29, 0.717) is 0 Å². The molecule has 0 aliphatic carbocycles. The van der Waals surface area contributed by atoms with Gasteiger partial charge in [-0.1, -0.05) is 131 Å². The molecule has 0 unspecified atom stereocenters. The molecule has 10 rings (SSSR count). The van der Waals surface area contributed by atoms with Crippen LogP contribution in [-0.2, 0) is 0 Å². The van der Waals surface area contributed by atoms with Gasteiger partial charge in [0.2, 0.25) is 0 Å². The molecule has 0 amide bonds. The van der Waals surface area contributed by atoms with Crippen LogP contribution in [-0.4, -0.2) is 0 Å². The molecule has 4 nitrogen and oxygen atoms in total. The predicted molar refractivity (Wildman–Crippen MR) is 282 cm³/mol. The summed E-state index contributed by atoms with van der Waals surface area (Å²) in [5.74, 6) is 0. The average Bonchev–Trinajstić information content (AvgIpc) is 3.36. The van der Waals surface area contributed by atoms with Crippen LogP contribution >= 0.6 is 0 Å². The number of nitrogens with zero attached hydrogens (tertiary/aromatic N) is 4. The van der Waals surface area contributed by atoms with Crippen molar-refractivity contribution in [1.82, 2.24) is 0 Å². The van der Waals surface area contributed by atoms with Gasteiger partial charge in [-0.25, -0.2) is 0 Å². The smallest absolute Gasteiger partial charge is 0.0540 e. The zero-order valence-electron chi connectivity index (χ0n) is 37.9. The lowest BCUT2D eigenvalue weighted by Crippen LogP contribution is -2.13. The molecule has 0 saturated heterocycles. The highest BCUT2D eigenvalue weighted by molar-refractivity contribution is 6.07. The van der Waals surface area contributed by atoms with E-state index in [0.717, 1.165) is 79.0 Å². The minimum atomic E-state index is 1.07. The Labute approximate surface area is 389 Å². The van der Waals surface area contributed by atoms with Crippen LogP contribution in [0.1, 0.15) is 22.3 Å². The van der Waals surface area contributed by atoms with Gasteiger partial charge in [-0.05, 0) is 161 Å². The van der Waals surface area contributed by atoms with E-state index >= 15 is 0 Å². The fourth-order valence-electron chi connectivity index (χ4n) is 8.85. The summed E-state index contributed by atoms with van der Waals surface area (Å²) in [6, 6.07) is 87.7. The summed E-state index contributed by atoms with van der Waals surface area (Å²) in [6.07, 6.45) is 0. The maximum atomic E-state index is 2.38. The van der Waals surface area contributed by atoms with E-state index in [1.165, 1.54) is 22.3 Å². The maximum absolute atomic E-state index is 2.38. The van der Waals surface area contributed by atoms with Crippen molar-refractivity contribution < 1.29 is 0 Å². The molecule has 0 atom stereocenters. The van der Waals surface area contributed by atoms with Crippen LogP contribution < -0.4 is 19.6 Å². The molecule has 0 aromatic heterocycles. The second-order valence-corrected chi connectivity index (χ2v) is 17.0. The quantitative estimate of drug-likeness (QED) is 0.121. The van der Waals surface area contributed by atoms with E-state index < -0.39 is 0 Å². The van der Waals surface area contributed by atoms with E-state index in [-0.39, 0.29) is 0 Å². The molecule has 0 saturated carbocycles. The van der Waals surface area contributed by atoms with Gasteiger partial charge < -0.3 is 19.6 Å². The number of hydrogen-bond donors (Lipinski definition) is 0. The van der Waals surface area contributed by atoms with Crippen molar-refractivity contribution in [3.05, 3.63) is 265 Å². The standard InChI is InChI=1S/C62H52N4/c1-45-21-29-51(30-22-45)63(52-31-23-46(2)24-32-52)55-37-41-57(42-38-55)65(49-13-7-5-8-14-49)61-19-11-18-60-59(61)17-12-20-62(60)66(50-15-9-6-10-16-50)58-43-39-56(40-44-58)64(53-33-25-47(3)26-34-53)54-35-27-48(4)28-36-54/h5-44H,1-4H3. The average molecular weight is 853 g/mol. The summed E-state index contributed by atoms with van der Waals surface area (Å²) in [5, 5.41) is 2.29. The van der Waals surface area contributed by atoms with E-state index in [1.807, 2.05) is 0 Å². The van der Waals surface area contributed by atoms with Crippen molar-refractivity contribution in [3.63, 3.8) is 0 Å². The van der Waals surface area contributed by atoms with Crippen LogP contribution in [0, 0.1) is 27.7 Å². The first kappa shape index (κ1) is 41.7. The molecule has 10 aromatic rings. The lowest BCUT2D eigenvalue weighted by molar-refractivity contribution is 1.25. The molecule has 10 aromatic carbocycles. The molecule has 0 aliphatic heterocycles. The zero-order chi connectivity index (χ0) is 45.0. The Bertz CT molecular complexity index is 2870. The Morgan fingerprint density at radius 3 is 0.652 bits per heavy atom. The van der Waals surface area contributed by atoms with Gasteiger partial charge in [0.05, 0.1) is 11.4 Å². The summed E-state index contributed by atoms with van der Waals surface area (Å²) in [4.78, 5) is 9.41. The third-order valence-corrected chi connectivity index (χ3v) is 12.3. The summed E-state index contributed by atoms with van der Waals surface area (Å²) in [5.41, 5.74) is 18.1. The molecule has 0 bridgehead atoms. The largest absolute Gasteiger partial charge is 0.311 e. The predicted octanol–water partition coefficient (Wildman–Crippen LogP) is 18.0. The SMILES string of the molecule is Cc1ccc(N(c2ccc(C)cc2)c2ccc(N(c3ccccc3)c3cccc4c(N(c5ccccc5)c5ccc(N(c6ccc(C)cc6)c6ccc(C)cc6)cc5)cccc34)cc2)cc1. The van der Waals surface area contributed by atoms with Crippen LogP contribution in [0.3, 0.4) is 0 Å². The second-order valence-electron chi connectivity index (χ2n) is 17.0. The van der Waals surface area contributed by atoms with Gasteiger partial charge in [-0.15, -0.1) is 0 Å². The van der Waals surface area contributed by atoms with Gasteiger partial charge in [0.1, 0.15) is 0 Å². The van der Waals surface area contributed by atoms with E-state index in [4.69, 9.17) is 0 Å². The first-order chi connectivity index (χ1) is 32.4. The van der Waals surface area contributed by atoms with Crippen molar-refractivity contribution in [2.45, 2.75) is 27.7 Å². The number of benzene rings is 10. The molecule has 320 valence electrons. The van der Waals surface area contributed by atoms with Crippen LogP contribution in [0.2, 0.25) is 0 Å². The Hall–Kier alpha value is -8.34. The number of para-hydroxylation sites is 2. The monoisotopic (exact) mass is 852 g/mol. The fraction of sp³-hybridized carbons (Fsp3) is 0.0645. The molecule has 0 spiro atoms. The Morgan fingerprint density at radius 1 is 0.182 bits per heavy atom. The van der Waals surface area contributed by atoms with Gasteiger partial charge in [0.25, 0.3) is 0 Å². The van der Waals surface area contributed by atoms with E-state index in [1.54, 1.807) is 0 Å². The van der Waals surface area contributed by atoms with E-state index in [9.17, 15) is 0 Å². The third-order valence-electron chi connectivity index (χ3n) is 12.3. The minimum absolute atomic E-state index is 1.07. The molecular formula is C62H52N4. The van der Waals surface area contributed by atoms with Gasteiger partial charge in [0.15, 0.2) is 0 Å². The van der Waals surface area contributed by atoms with E-state index in [2.05, 4.69) is 290 Å². The highest BCUT2D eigenvalue weighted by Crippen LogP contribution is 2.46. The minimum Gasteiger partial charge on any atom is -0.311 e. The first-order valence-corrected chi connectivity index (χ1v) is 22.7. The first-order valence-electron chi connectivity index (χ1n) is 22.7. The van der Waals surface area contributed by atoms with Crippen molar-refractivity contribution in [1.29, 1.82) is 0 Å². The van der Waals surface area contributed by atoms with Gasteiger partial charge in [0, 0.05) is 67.6 Å². The fourth-order valence-corrected chi connectivity index (χ4v) is 8.85. The summed E-state index contributed by atoms with van der Waals surface area (Å²) >= 11 is 0. The molecule has 4 heteroatoms. The number of rotatable bonds is 12. The summed E-state index contributed by atoms with van der Waals surface area (Å²) in [7, 11) is 0. The lowest BCUT2D eigenvalue weighted by atomic mass is 10.0.